The van der Waals surface area contributed by atoms with Gasteiger partial charge in [-0.05, 0) is 52.2 Å². The summed E-state index contributed by atoms with van der Waals surface area (Å²) in [4.78, 5) is 18.4. The van der Waals surface area contributed by atoms with Crippen LogP contribution in [-0.2, 0) is 0 Å². The number of nitrogens with zero attached hydrogens (tertiary/aromatic N) is 2. The van der Waals surface area contributed by atoms with Crippen LogP contribution in [0.3, 0.4) is 0 Å². The number of rotatable bonds is 7. The van der Waals surface area contributed by atoms with Crippen molar-refractivity contribution in [2.24, 2.45) is 0 Å². The molecule has 2 rings (SSSR count). The van der Waals surface area contributed by atoms with Crippen molar-refractivity contribution >= 4 is 5.91 Å². The number of piperidine rings is 1. The van der Waals surface area contributed by atoms with Gasteiger partial charge in [-0.15, -0.1) is 0 Å². The van der Waals surface area contributed by atoms with Crippen molar-refractivity contribution in [3.63, 3.8) is 0 Å². The number of amides is 1. The Hall–Kier alpha value is -1.98. The lowest BCUT2D eigenvalue weighted by Crippen LogP contribution is -2.54. The highest BCUT2D eigenvalue weighted by atomic mass is 16.3. The molecular weight excluding hydrogens is 326 g/mol. The van der Waals surface area contributed by atoms with Crippen LogP contribution < -0.4 is 5.32 Å². The number of carbonyl (C=O) groups is 1. The van der Waals surface area contributed by atoms with Gasteiger partial charge in [-0.2, -0.15) is 0 Å². The van der Waals surface area contributed by atoms with Crippen LogP contribution in [0.1, 0.15) is 50.4 Å². The van der Waals surface area contributed by atoms with Gasteiger partial charge in [0.15, 0.2) is 0 Å². The topological polar surface area (TPSA) is 65.5 Å². The second kappa shape index (κ2) is 10.2. The first-order chi connectivity index (χ1) is 12.5. The molecule has 0 aromatic carbocycles. The predicted octanol–water partition coefficient (Wildman–Crippen LogP) is 2.94. The van der Waals surface area contributed by atoms with E-state index in [1.165, 1.54) is 11.1 Å². The number of pyridine rings is 1. The van der Waals surface area contributed by atoms with Crippen LogP contribution in [0.2, 0.25) is 0 Å². The highest BCUT2D eigenvalue weighted by Gasteiger charge is 2.28. The highest BCUT2D eigenvalue weighted by molar-refractivity contribution is 5.94. The minimum Gasteiger partial charge on any atom is -0.390 e. The van der Waals surface area contributed by atoms with Gasteiger partial charge in [0, 0.05) is 37.6 Å². The predicted molar refractivity (Wildman–Crippen MR) is 105 cm³/mol. The molecule has 1 aliphatic rings. The monoisotopic (exact) mass is 357 g/mol. The normalized spacial score (nSPS) is 21.3. The van der Waals surface area contributed by atoms with E-state index in [0.29, 0.717) is 12.1 Å². The van der Waals surface area contributed by atoms with Crippen molar-refractivity contribution < 1.29 is 9.90 Å². The lowest BCUT2D eigenvalue weighted by molar-refractivity contribution is 0.0421. The number of aromatic nitrogens is 1. The van der Waals surface area contributed by atoms with Crippen molar-refractivity contribution in [2.45, 2.75) is 52.2 Å². The number of allylic oxidation sites excluding steroid dienone is 3. The molecule has 1 saturated heterocycles. The van der Waals surface area contributed by atoms with Gasteiger partial charge in [-0.1, -0.05) is 23.3 Å². The molecule has 2 N–H and O–H groups in total. The van der Waals surface area contributed by atoms with Crippen LogP contribution in [0, 0.1) is 0 Å². The number of carbonyl (C=O) groups excluding carboxylic acids is 1. The van der Waals surface area contributed by atoms with Crippen molar-refractivity contribution in [3.05, 3.63) is 53.4 Å². The van der Waals surface area contributed by atoms with Gasteiger partial charge < -0.3 is 10.4 Å². The van der Waals surface area contributed by atoms with Crippen LogP contribution in [0.5, 0.6) is 0 Å². The SMILES string of the molecule is CC(C)=CCCC(C)=CCN1CC[C@@H](NC(=O)c2ccncc2)[C@H](O)C1. The largest absolute Gasteiger partial charge is 0.390 e. The first-order valence-corrected chi connectivity index (χ1v) is 9.36. The van der Waals surface area contributed by atoms with Crippen LogP contribution in [0.15, 0.2) is 47.8 Å². The number of aliphatic hydroxyl groups is 1. The second-order valence-corrected chi connectivity index (χ2v) is 7.30. The Kier molecular flexibility index (Phi) is 8.01. The average molecular weight is 357 g/mol. The number of β-amino-alcohol motifs (C(OH)–C–C–N with tert-alkyl or cyclic N) is 1. The van der Waals surface area contributed by atoms with Crippen LogP contribution in [0.4, 0.5) is 0 Å². The molecule has 1 aromatic heterocycles. The molecule has 2 heterocycles. The molecule has 0 aliphatic carbocycles. The Balaban J connectivity index is 1.77. The van der Waals surface area contributed by atoms with Crippen LogP contribution in [0.25, 0.3) is 0 Å². The minimum absolute atomic E-state index is 0.153. The van der Waals surface area contributed by atoms with Gasteiger partial charge in [0.25, 0.3) is 5.91 Å². The van der Waals surface area contributed by atoms with Gasteiger partial charge in [0.1, 0.15) is 0 Å². The summed E-state index contributed by atoms with van der Waals surface area (Å²) in [5.74, 6) is -0.153. The molecule has 0 radical (unpaired) electrons. The molecule has 142 valence electrons. The maximum Gasteiger partial charge on any atom is 0.251 e. The van der Waals surface area contributed by atoms with E-state index in [0.717, 1.165) is 32.4 Å². The molecule has 26 heavy (non-hydrogen) atoms. The van der Waals surface area contributed by atoms with E-state index in [1.54, 1.807) is 24.5 Å². The van der Waals surface area contributed by atoms with E-state index in [4.69, 9.17) is 0 Å². The first kappa shape index (κ1) is 20.3. The van der Waals surface area contributed by atoms with E-state index >= 15 is 0 Å². The van der Waals surface area contributed by atoms with Crippen molar-refractivity contribution in [2.75, 3.05) is 19.6 Å². The lowest BCUT2D eigenvalue weighted by atomic mass is 10.0. The molecule has 0 bridgehead atoms. The molecule has 1 amide bonds. The van der Waals surface area contributed by atoms with Crippen LogP contribution in [-0.4, -0.2) is 52.7 Å². The Morgan fingerprint density at radius 3 is 2.69 bits per heavy atom. The highest BCUT2D eigenvalue weighted by Crippen LogP contribution is 2.13. The number of hydrogen-bond donors (Lipinski definition) is 2. The van der Waals surface area contributed by atoms with Crippen LogP contribution >= 0.6 is 0 Å². The van der Waals surface area contributed by atoms with E-state index in [9.17, 15) is 9.90 Å². The third-order valence-electron chi connectivity index (χ3n) is 4.71. The fraction of sp³-hybridized carbons (Fsp3) is 0.524. The first-order valence-electron chi connectivity index (χ1n) is 9.36. The molecule has 1 aliphatic heterocycles. The smallest absolute Gasteiger partial charge is 0.251 e. The summed E-state index contributed by atoms with van der Waals surface area (Å²) in [7, 11) is 0. The molecule has 5 heteroatoms. The Morgan fingerprint density at radius 1 is 1.31 bits per heavy atom. The fourth-order valence-electron chi connectivity index (χ4n) is 3.06. The van der Waals surface area contributed by atoms with E-state index in [1.807, 2.05) is 0 Å². The summed E-state index contributed by atoms with van der Waals surface area (Å²) >= 11 is 0. The standard InChI is InChI=1S/C21H31N3O2/c1-16(2)5-4-6-17(3)9-13-24-14-10-19(20(25)15-24)23-21(26)18-7-11-22-12-8-18/h5,7-9,11-12,19-20,25H,4,6,10,13-15H2,1-3H3,(H,23,26)/t19-,20-/m1/s1. The molecule has 1 fully saturated rings. The third-order valence-corrected chi connectivity index (χ3v) is 4.71. The number of nitrogens with one attached hydrogen (secondary N) is 1. The van der Waals surface area contributed by atoms with Crippen molar-refractivity contribution in [3.8, 4) is 0 Å². The number of hydrogen-bond acceptors (Lipinski definition) is 4. The molecule has 0 unspecified atom stereocenters. The van der Waals surface area contributed by atoms with Crippen molar-refractivity contribution in [1.29, 1.82) is 0 Å². The van der Waals surface area contributed by atoms with E-state index in [2.05, 4.69) is 48.1 Å². The zero-order valence-electron chi connectivity index (χ0n) is 16.1. The summed E-state index contributed by atoms with van der Waals surface area (Å²) in [5.41, 5.74) is 3.31. The average Bonchev–Trinajstić information content (AvgIpc) is 2.62. The summed E-state index contributed by atoms with van der Waals surface area (Å²) in [6.45, 7) is 8.71. The number of aliphatic hydroxyl groups excluding tert-OH is 1. The molecule has 5 nitrogen and oxygen atoms in total. The summed E-state index contributed by atoms with van der Waals surface area (Å²) in [5, 5.41) is 13.3. The van der Waals surface area contributed by atoms with Crippen molar-refractivity contribution in [1.82, 2.24) is 15.2 Å². The molecule has 2 atom stereocenters. The molecule has 1 aromatic rings. The van der Waals surface area contributed by atoms with Gasteiger partial charge in [-0.3, -0.25) is 14.7 Å². The van der Waals surface area contributed by atoms with Gasteiger partial charge >= 0.3 is 0 Å². The van der Waals surface area contributed by atoms with E-state index in [-0.39, 0.29) is 11.9 Å². The Labute approximate surface area is 156 Å². The Morgan fingerprint density at radius 2 is 2.04 bits per heavy atom. The molecule has 0 spiro atoms. The van der Waals surface area contributed by atoms with Gasteiger partial charge in [0.05, 0.1) is 12.1 Å². The zero-order chi connectivity index (χ0) is 18.9. The lowest BCUT2D eigenvalue weighted by Gasteiger charge is -2.35. The summed E-state index contributed by atoms with van der Waals surface area (Å²) < 4.78 is 0. The van der Waals surface area contributed by atoms with E-state index < -0.39 is 6.10 Å². The molecule has 0 saturated carbocycles. The quantitative estimate of drug-likeness (QED) is 0.737. The summed E-state index contributed by atoms with van der Waals surface area (Å²) in [6, 6.07) is 3.16. The van der Waals surface area contributed by atoms with Gasteiger partial charge in [-0.25, -0.2) is 0 Å². The zero-order valence-corrected chi connectivity index (χ0v) is 16.1. The minimum atomic E-state index is -0.547. The number of likely N-dealkylation sites (tertiary alicyclic amines) is 1. The maximum absolute atomic E-state index is 12.2. The molecular formula is C21H31N3O2. The third kappa shape index (κ3) is 6.73. The second-order valence-electron chi connectivity index (χ2n) is 7.30. The Bertz CT molecular complexity index is 636. The maximum atomic E-state index is 12.2. The van der Waals surface area contributed by atoms with Gasteiger partial charge in [0.2, 0.25) is 0 Å². The fourth-order valence-corrected chi connectivity index (χ4v) is 3.06. The summed E-state index contributed by atoms with van der Waals surface area (Å²) in [6.07, 6.45) is 10.1.